The van der Waals surface area contributed by atoms with Crippen molar-refractivity contribution in [2.24, 2.45) is 0 Å². The minimum Gasteiger partial charge on any atom is -0.350 e. The predicted octanol–water partition coefficient (Wildman–Crippen LogP) is 4.96. The lowest BCUT2D eigenvalue weighted by Gasteiger charge is -2.14. The van der Waals surface area contributed by atoms with Crippen LogP contribution in [0.2, 0.25) is 5.02 Å². The fourth-order valence-electron chi connectivity index (χ4n) is 2.44. The van der Waals surface area contributed by atoms with Crippen LogP contribution in [-0.4, -0.2) is 16.0 Å². The Kier molecular flexibility index (Phi) is 6.06. The van der Waals surface area contributed by atoms with Crippen molar-refractivity contribution in [3.8, 4) is 11.4 Å². The average molecular weight is 435 g/mol. The van der Waals surface area contributed by atoms with Crippen molar-refractivity contribution in [2.45, 2.75) is 25.8 Å². The summed E-state index contributed by atoms with van der Waals surface area (Å²) in [7, 11) is 0. The molecule has 1 aromatic heterocycles. The number of carbonyl (C=O) groups excluding carboxylic acids is 1. The molecule has 0 aliphatic carbocycles. The maximum Gasteiger partial charge on any atom is 0.227 e. The first-order valence-corrected chi connectivity index (χ1v) is 9.32. The highest BCUT2D eigenvalue weighted by Crippen LogP contribution is 2.19. The summed E-state index contributed by atoms with van der Waals surface area (Å²) in [5, 5.41) is 7.56. The fraction of sp³-hybridized carbons (Fsp3) is 0.211. The van der Waals surface area contributed by atoms with E-state index in [-0.39, 0.29) is 18.4 Å². The Bertz CT molecular complexity index is 879. The van der Waals surface area contributed by atoms with Crippen LogP contribution in [0.15, 0.2) is 57.5 Å². The first-order chi connectivity index (χ1) is 12.5. The molecule has 0 aliphatic rings. The van der Waals surface area contributed by atoms with Gasteiger partial charge in [-0.15, -0.1) is 0 Å². The van der Waals surface area contributed by atoms with E-state index in [1.54, 1.807) is 12.1 Å². The van der Waals surface area contributed by atoms with Crippen LogP contribution in [0.25, 0.3) is 11.4 Å². The predicted molar refractivity (Wildman–Crippen MR) is 104 cm³/mol. The molecule has 5 nitrogen and oxygen atoms in total. The van der Waals surface area contributed by atoms with E-state index < -0.39 is 0 Å². The number of hydrogen-bond donors (Lipinski definition) is 1. The van der Waals surface area contributed by atoms with Crippen LogP contribution in [0.5, 0.6) is 0 Å². The number of nitrogens with zero attached hydrogens (tertiary/aromatic N) is 2. The van der Waals surface area contributed by atoms with Crippen molar-refractivity contribution in [1.29, 1.82) is 0 Å². The number of nitrogens with one attached hydrogen (secondary N) is 1. The monoisotopic (exact) mass is 433 g/mol. The second kappa shape index (κ2) is 8.47. The second-order valence-electron chi connectivity index (χ2n) is 5.86. The molecule has 1 amide bonds. The van der Waals surface area contributed by atoms with E-state index in [4.69, 9.17) is 16.1 Å². The van der Waals surface area contributed by atoms with Crippen molar-refractivity contribution >= 4 is 33.4 Å². The van der Waals surface area contributed by atoms with Crippen molar-refractivity contribution in [2.75, 3.05) is 0 Å². The highest BCUT2D eigenvalue weighted by molar-refractivity contribution is 9.10. The number of hydrogen-bond acceptors (Lipinski definition) is 4. The van der Waals surface area contributed by atoms with E-state index in [0.29, 0.717) is 23.2 Å². The molecular weight excluding hydrogens is 418 g/mol. The number of halogens is 2. The third-order valence-electron chi connectivity index (χ3n) is 3.88. The van der Waals surface area contributed by atoms with Crippen LogP contribution in [0.4, 0.5) is 0 Å². The molecule has 0 bridgehead atoms. The number of aromatic nitrogens is 2. The summed E-state index contributed by atoms with van der Waals surface area (Å²) in [6.07, 6.45) is 0.669. The summed E-state index contributed by atoms with van der Waals surface area (Å²) in [5.41, 5.74) is 1.86. The van der Waals surface area contributed by atoms with Crippen LogP contribution in [0, 0.1) is 0 Å². The van der Waals surface area contributed by atoms with Crippen LogP contribution in [0.1, 0.15) is 30.8 Å². The molecule has 1 atom stereocenters. The molecule has 3 aromatic rings. The van der Waals surface area contributed by atoms with Crippen LogP contribution >= 0.6 is 27.5 Å². The van der Waals surface area contributed by atoms with Gasteiger partial charge in [0.2, 0.25) is 17.6 Å². The molecule has 3 rings (SSSR count). The van der Waals surface area contributed by atoms with Gasteiger partial charge in [0.15, 0.2) is 0 Å². The second-order valence-corrected chi connectivity index (χ2v) is 7.21. The summed E-state index contributed by atoms with van der Waals surface area (Å²) >= 11 is 9.27. The van der Waals surface area contributed by atoms with Crippen molar-refractivity contribution in [1.82, 2.24) is 15.5 Å². The molecular formula is C19H17BrClN3O2. The topological polar surface area (TPSA) is 68.0 Å². The third-order valence-corrected chi connectivity index (χ3v) is 4.66. The lowest BCUT2D eigenvalue weighted by atomic mass is 10.1. The van der Waals surface area contributed by atoms with Crippen molar-refractivity contribution in [3.63, 3.8) is 0 Å². The Labute approximate surface area is 164 Å². The van der Waals surface area contributed by atoms with E-state index in [9.17, 15) is 4.79 Å². The van der Waals surface area contributed by atoms with Crippen LogP contribution in [-0.2, 0) is 11.2 Å². The molecule has 0 spiro atoms. The number of rotatable bonds is 6. The third kappa shape index (κ3) is 4.93. The zero-order valence-electron chi connectivity index (χ0n) is 14.1. The van der Waals surface area contributed by atoms with Gasteiger partial charge in [-0.3, -0.25) is 4.79 Å². The summed E-state index contributed by atoms with van der Waals surface area (Å²) in [5.74, 6) is 0.855. The van der Waals surface area contributed by atoms with Gasteiger partial charge in [0, 0.05) is 27.9 Å². The molecule has 0 aliphatic heterocycles. The Balaban J connectivity index is 1.53. The zero-order chi connectivity index (χ0) is 18.5. The van der Waals surface area contributed by atoms with Gasteiger partial charge >= 0.3 is 0 Å². The molecule has 2 aromatic carbocycles. The normalized spacial score (nSPS) is 12.0. The molecule has 0 fully saturated rings. The average Bonchev–Trinajstić information content (AvgIpc) is 3.10. The molecule has 1 unspecified atom stereocenters. The standard InChI is InChI=1S/C19H17BrClN3O2/c1-12(13-2-6-15(20)7-3-13)22-17(25)10-11-18-23-19(24-26-18)14-4-8-16(21)9-5-14/h2-9,12H,10-11H2,1H3,(H,22,25). The van der Waals surface area contributed by atoms with Crippen LogP contribution < -0.4 is 5.32 Å². The van der Waals surface area contributed by atoms with Gasteiger partial charge in [-0.25, -0.2) is 0 Å². The number of amides is 1. The van der Waals surface area contributed by atoms with E-state index in [2.05, 4.69) is 31.4 Å². The van der Waals surface area contributed by atoms with Crippen molar-refractivity contribution in [3.05, 3.63) is 69.5 Å². The highest BCUT2D eigenvalue weighted by atomic mass is 79.9. The highest BCUT2D eigenvalue weighted by Gasteiger charge is 2.13. The maximum atomic E-state index is 12.2. The van der Waals surface area contributed by atoms with Gasteiger partial charge in [-0.2, -0.15) is 4.98 Å². The molecule has 0 saturated heterocycles. The van der Waals surface area contributed by atoms with Crippen LogP contribution in [0.3, 0.4) is 0 Å². The van der Waals surface area contributed by atoms with Gasteiger partial charge in [0.25, 0.3) is 0 Å². The smallest absolute Gasteiger partial charge is 0.227 e. The van der Waals surface area contributed by atoms with E-state index in [1.165, 1.54) is 0 Å². The molecule has 7 heteroatoms. The Morgan fingerprint density at radius 1 is 1.19 bits per heavy atom. The summed E-state index contributed by atoms with van der Waals surface area (Å²) in [6.45, 7) is 1.95. The lowest BCUT2D eigenvalue weighted by molar-refractivity contribution is -0.121. The zero-order valence-corrected chi connectivity index (χ0v) is 16.4. The Morgan fingerprint density at radius 3 is 2.58 bits per heavy atom. The molecule has 0 saturated carbocycles. The lowest BCUT2D eigenvalue weighted by Crippen LogP contribution is -2.26. The van der Waals surface area contributed by atoms with Gasteiger partial charge < -0.3 is 9.84 Å². The quantitative estimate of drug-likeness (QED) is 0.595. The van der Waals surface area contributed by atoms with Gasteiger partial charge in [0.1, 0.15) is 0 Å². The Morgan fingerprint density at radius 2 is 1.88 bits per heavy atom. The SMILES string of the molecule is CC(NC(=O)CCc1nc(-c2ccc(Cl)cc2)no1)c1ccc(Br)cc1. The van der Waals surface area contributed by atoms with Gasteiger partial charge in [0.05, 0.1) is 6.04 Å². The Hall–Kier alpha value is -2.18. The maximum absolute atomic E-state index is 12.2. The largest absolute Gasteiger partial charge is 0.350 e. The van der Waals surface area contributed by atoms with E-state index in [1.807, 2.05) is 43.3 Å². The molecule has 26 heavy (non-hydrogen) atoms. The molecule has 134 valence electrons. The first-order valence-electron chi connectivity index (χ1n) is 8.14. The van der Waals surface area contributed by atoms with Gasteiger partial charge in [-0.05, 0) is 48.9 Å². The van der Waals surface area contributed by atoms with E-state index in [0.717, 1.165) is 15.6 Å². The van der Waals surface area contributed by atoms with Crippen molar-refractivity contribution < 1.29 is 9.32 Å². The minimum atomic E-state index is -0.0667. The number of benzene rings is 2. The number of carbonyl (C=O) groups is 1. The number of aryl methyl sites for hydroxylation is 1. The summed E-state index contributed by atoms with van der Waals surface area (Å²) < 4.78 is 6.23. The molecule has 0 radical (unpaired) electrons. The molecule has 1 N–H and O–H groups in total. The first kappa shape index (κ1) is 18.6. The van der Waals surface area contributed by atoms with Gasteiger partial charge in [-0.1, -0.05) is 44.8 Å². The molecule has 1 heterocycles. The minimum absolute atomic E-state index is 0.0633. The fourth-order valence-corrected chi connectivity index (χ4v) is 2.83. The summed E-state index contributed by atoms with van der Waals surface area (Å²) in [6, 6.07) is 15.0. The summed E-state index contributed by atoms with van der Waals surface area (Å²) in [4.78, 5) is 16.5. The van der Waals surface area contributed by atoms with E-state index >= 15 is 0 Å².